The van der Waals surface area contributed by atoms with Crippen molar-refractivity contribution in [3.8, 4) is 0 Å². The van der Waals surface area contributed by atoms with Crippen LogP contribution in [-0.2, 0) is 20.9 Å². The lowest BCUT2D eigenvalue weighted by atomic mass is 9.95. The second kappa shape index (κ2) is 9.02. The van der Waals surface area contributed by atoms with Gasteiger partial charge in [-0.25, -0.2) is 4.79 Å². The van der Waals surface area contributed by atoms with E-state index in [1.165, 1.54) is 6.42 Å². The summed E-state index contributed by atoms with van der Waals surface area (Å²) in [4.78, 5) is 38.0. The van der Waals surface area contributed by atoms with Gasteiger partial charge in [-0.15, -0.1) is 0 Å². The van der Waals surface area contributed by atoms with Crippen molar-refractivity contribution in [2.75, 3.05) is 6.54 Å². The van der Waals surface area contributed by atoms with Gasteiger partial charge in [-0.1, -0.05) is 31.4 Å². The minimum Gasteiger partial charge on any atom is -0.449 e. The van der Waals surface area contributed by atoms with Gasteiger partial charge in [-0.3, -0.25) is 9.59 Å². The van der Waals surface area contributed by atoms with Crippen LogP contribution in [0.5, 0.6) is 0 Å². The van der Waals surface area contributed by atoms with E-state index in [1.54, 1.807) is 19.1 Å². The molecule has 1 saturated carbocycles. The van der Waals surface area contributed by atoms with Crippen molar-refractivity contribution in [1.82, 2.24) is 10.2 Å². The topological polar surface area (TPSA) is 75.7 Å². The molecule has 1 atom stereocenters. The normalized spacial score (nSPS) is 19.0. The van der Waals surface area contributed by atoms with Crippen LogP contribution in [0.3, 0.4) is 0 Å². The average Bonchev–Trinajstić information content (AvgIpc) is 3.07. The molecule has 27 heavy (non-hydrogen) atoms. The quantitative estimate of drug-likeness (QED) is 0.779. The van der Waals surface area contributed by atoms with Crippen molar-refractivity contribution < 1.29 is 19.1 Å². The number of nitrogens with one attached hydrogen (secondary N) is 1. The molecule has 1 aromatic carbocycles. The SMILES string of the molecule is C[C@H](OC(=O)c1ccc(CN2CCCC2=O)cc1)C(=O)NC1CCCCC1. The van der Waals surface area contributed by atoms with E-state index in [-0.39, 0.29) is 17.9 Å². The Morgan fingerprint density at radius 3 is 2.48 bits per heavy atom. The lowest BCUT2D eigenvalue weighted by Gasteiger charge is -2.24. The molecule has 1 aromatic rings. The zero-order valence-electron chi connectivity index (χ0n) is 15.9. The first-order valence-corrected chi connectivity index (χ1v) is 9.91. The van der Waals surface area contributed by atoms with Crippen LogP contribution < -0.4 is 5.32 Å². The maximum Gasteiger partial charge on any atom is 0.338 e. The van der Waals surface area contributed by atoms with Crippen molar-refractivity contribution in [2.24, 2.45) is 0 Å². The Bertz CT molecular complexity index is 680. The Hall–Kier alpha value is -2.37. The lowest BCUT2D eigenvalue weighted by Crippen LogP contribution is -2.42. The molecule has 146 valence electrons. The highest BCUT2D eigenvalue weighted by molar-refractivity contribution is 5.92. The summed E-state index contributed by atoms with van der Waals surface area (Å²) in [5, 5.41) is 2.98. The third kappa shape index (κ3) is 5.31. The van der Waals surface area contributed by atoms with Gasteiger partial charge in [-0.2, -0.15) is 0 Å². The van der Waals surface area contributed by atoms with Crippen molar-refractivity contribution in [2.45, 2.75) is 70.6 Å². The van der Waals surface area contributed by atoms with E-state index in [0.29, 0.717) is 18.5 Å². The number of carbonyl (C=O) groups is 3. The predicted octanol–water partition coefficient (Wildman–Crippen LogP) is 2.80. The molecule has 6 nitrogen and oxygen atoms in total. The number of amides is 2. The van der Waals surface area contributed by atoms with Crippen molar-refractivity contribution in [3.63, 3.8) is 0 Å². The van der Waals surface area contributed by atoms with Crippen LogP contribution in [0, 0.1) is 0 Å². The highest BCUT2D eigenvalue weighted by atomic mass is 16.5. The van der Waals surface area contributed by atoms with E-state index in [9.17, 15) is 14.4 Å². The van der Waals surface area contributed by atoms with Crippen molar-refractivity contribution >= 4 is 17.8 Å². The number of rotatable bonds is 6. The van der Waals surface area contributed by atoms with Crippen molar-refractivity contribution in [3.05, 3.63) is 35.4 Å². The highest BCUT2D eigenvalue weighted by Gasteiger charge is 2.23. The van der Waals surface area contributed by atoms with Gasteiger partial charge >= 0.3 is 5.97 Å². The van der Waals surface area contributed by atoms with Crippen LogP contribution in [0.1, 0.15) is 67.8 Å². The fourth-order valence-electron chi connectivity index (χ4n) is 3.69. The first-order chi connectivity index (χ1) is 13.0. The largest absolute Gasteiger partial charge is 0.449 e. The van der Waals surface area contributed by atoms with Crippen LogP contribution in [0.15, 0.2) is 24.3 Å². The second-order valence-electron chi connectivity index (χ2n) is 7.51. The van der Waals surface area contributed by atoms with Crippen LogP contribution in [-0.4, -0.2) is 41.4 Å². The summed E-state index contributed by atoms with van der Waals surface area (Å²) in [5.41, 5.74) is 1.38. The molecule has 1 aliphatic heterocycles. The Morgan fingerprint density at radius 1 is 1.15 bits per heavy atom. The van der Waals surface area contributed by atoms with Gasteiger partial charge in [0.1, 0.15) is 0 Å². The average molecular weight is 372 g/mol. The maximum absolute atomic E-state index is 12.3. The van der Waals surface area contributed by atoms with Gasteiger partial charge in [0, 0.05) is 25.6 Å². The van der Waals surface area contributed by atoms with Gasteiger partial charge in [0.15, 0.2) is 6.10 Å². The van der Waals surface area contributed by atoms with E-state index >= 15 is 0 Å². The number of nitrogens with zero attached hydrogens (tertiary/aromatic N) is 1. The van der Waals surface area contributed by atoms with Gasteiger partial charge < -0.3 is 15.0 Å². The lowest BCUT2D eigenvalue weighted by molar-refractivity contribution is -0.130. The molecule has 0 bridgehead atoms. The first kappa shape index (κ1) is 19.4. The molecule has 2 amide bonds. The van der Waals surface area contributed by atoms with Gasteiger partial charge in [-0.05, 0) is 43.9 Å². The summed E-state index contributed by atoms with van der Waals surface area (Å²) in [7, 11) is 0. The third-order valence-electron chi connectivity index (χ3n) is 5.34. The number of esters is 1. The van der Waals surface area contributed by atoms with E-state index in [4.69, 9.17) is 4.74 Å². The summed E-state index contributed by atoms with van der Waals surface area (Å²) >= 11 is 0. The maximum atomic E-state index is 12.3. The molecule has 1 aliphatic carbocycles. The second-order valence-corrected chi connectivity index (χ2v) is 7.51. The van der Waals surface area contributed by atoms with Gasteiger partial charge in [0.05, 0.1) is 5.56 Å². The summed E-state index contributed by atoms with van der Waals surface area (Å²) in [6.45, 7) is 2.95. The minimum absolute atomic E-state index is 0.177. The number of hydrogen-bond donors (Lipinski definition) is 1. The zero-order valence-corrected chi connectivity index (χ0v) is 15.9. The van der Waals surface area contributed by atoms with Crippen molar-refractivity contribution in [1.29, 1.82) is 0 Å². The standard InChI is InChI=1S/C21H28N2O4/c1-15(20(25)22-18-6-3-2-4-7-18)27-21(26)17-11-9-16(10-12-17)14-23-13-5-8-19(23)24/h9-12,15,18H,2-8,13-14H2,1H3,(H,22,25)/t15-/m0/s1. The molecule has 2 fully saturated rings. The van der Waals surface area contributed by atoms with E-state index < -0.39 is 12.1 Å². The monoisotopic (exact) mass is 372 g/mol. The predicted molar refractivity (Wildman–Crippen MR) is 101 cm³/mol. The molecule has 0 aromatic heterocycles. The first-order valence-electron chi connectivity index (χ1n) is 9.91. The summed E-state index contributed by atoms with van der Waals surface area (Å²) in [6.07, 6.45) is 6.18. The molecule has 3 rings (SSSR count). The van der Waals surface area contributed by atoms with Gasteiger partial charge in [0.2, 0.25) is 5.91 Å². The van der Waals surface area contributed by atoms with E-state index in [1.807, 2.05) is 17.0 Å². The fraction of sp³-hybridized carbons (Fsp3) is 0.571. The molecule has 6 heteroatoms. The third-order valence-corrected chi connectivity index (χ3v) is 5.34. The molecule has 2 aliphatic rings. The number of hydrogen-bond acceptors (Lipinski definition) is 4. The summed E-state index contributed by atoms with van der Waals surface area (Å²) in [6, 6.07) is 7.22. The Balaban J connectivity index is 1.49. The van der Waals surface area contributed by atoms with Crippen LogP contribution in [0.25, 0.3) is 0 Å². The molecule has 1 saturated heterocycles. The Morgan fingerprint density at radius 2 is 1.85 bits per heavy atom. The van der Waals surface area contributed by atoms with Gasteiger partial charge in [0.25, 0.3) is 5.91 Å². The zero-order chi connectivity index (χ0) is 19.2. The number of carbonyl (C=O) groups excluding carboxylic acids is 3. The summed E-state index contributed by atoms with van der Waals surface area (Å²) < 4.78 is 5.31. The molecule has 1 heterocycles. The molecule has 0 spiro atoms. The van der Waals surface area contributed by atoms with E-state index in [0.717, 1.165) is 44.2 Å². The van der Waals surface area contributed by atoms with Crippen LogP contribution in [0.4, 0.5) is 0 Å². The Labute approximate surface area is 160 Å². The summed E-state index contributed by atoms with van der Waals surface area (Å²) in [5.74, 6) is -0.569. The fourth-order valence-corrected chi connectivity index (χ4v) is 3.69. The van der Waals surface area contributed by atoms with E-state index in [2.05, 4.69) is 5.32 Å². The molecular formula is C21H28N2O4. The molecular weight excluding hydrogens is 344 g/mol. The molecule has 0 radical (unpaired) electrons. The highest BCUT2D eigenvalue weighted by Crippen LogP contribution is 2.18. The van der Waals surface area contributed by atoms with Crippen LogP contribution >= 0.6 is 0 Å². The minimum atomic E-state index is -0.818. The van der Waals surface area contributed by atoms with Crippen LogP contribution in [0.2, 0.25) is 0 Å². The molecule has 1 N–H and O–H groups in total. The molecule has 0 unspecified atom stereocenters. The smallest absolute Gasteiger partial charge is 0.338 e. The number of benzene rings is 1. The Kier molecular flexibility index (Phi) is 6.48. The number of likely N-dealkylation sites (tertiary alicyclic amines) is 1. The number of ether oxygens (including phenoxy) is 1.